The summed E-state index contributed by atoms with van der Waals surface area (Å²) < 4.78 is 6.79. The highest BCUT2D eigenvalue weighted by molar-refractivity contribution is 9.10. The molecule has 0 saturated heterocycles. The number of carbonyl (C=O) groups is 2. The van der Waals surface area contributed by atoms with E-state index in [0.717, 1.165) is 36.6 Å². The highest BCUT2D eigenvalue weighted by Gasteiger charge is 2.57. The number of benzene rings is 1. The Kier molecular flexibility index (Phi) is 7.62. The van der Waals surface area contributed by atoms with E-state index in [1.54, 1.807) is 31.2 Å². The van der Waals surface area contributed by atoms with Crippen molar-refractivity contribution in [2.45, 2.75) is 83.5 Å². The normalized spacial score (nSPS) is 35.2. The fourth-order valence-corrected chi connectivity index (χ4v) is 8.10. The van der Waals surface area contributed by atoms with Gasteiger partial charge in [0.05, 0.1) is 17.3 Å². The number of aliphatic hydroxyl groups is 2. The first-order valence-electron chi connectivity index (χ1n) is 14.0. The lowest BCUT2D eigenvalue weighted by molar-refractivity contribution is -0.119. The van der Waals surface area contributed by atoms with E-state index in [-0.39, 0.29) is 46.9 Å². The first-order chi connectivity index (χ1) is 18.0. The molecule has 0 heterocycles. The van der Waals surface area contributed by atoms with Crippen LogP contribution in [0.5, 0.6) is 0 Å². The Bertz CT molecular complexity index is 1180. The summed E-state index contributed by atoms with van der Waals surface area (Å²) in [7, 11) is 0. The van der Waals surface area contributed by atoms with E-state index < -0.39 is 11.7 Å². The van der Waals surface area contributed by atoms with E-state index in [9.17, 15) is 19.8 Å². The number of carbonyl (C=O) groups excluding carboxylic acids is 2. The van der Waals surface area contributed by atoms with Gasteiger partial charge in [-0.05, 0) is 100.0 Å². The van der Waals surface area contributed by atoms with Crippen molar-refractivity contribution in [3.63, 3.8) is 0 Å². The monoisotopic (exact) mass is 582 g/mol. The molecular formula is C32H39BrO5. The van der Waals surface area contributed by atoms with Gasteiger partial charge in [-0.1, -0.05) is 52.2 Å². The number of fused-ring (bicyclic) bond motifs is 6. The molecule has 4 aliphatic carbocycles. The van der Waals surface area contributed by atoms with Gasteiger partial charge in [0.15, 0.2) is 5.78 Å². The number of hydrogen-bond donors (Lipinski definition) is 2. The molecule has 0 radical (unpaired) electrons. The third-order valence-corrected chi connectivity index (χ3v) is 10.2. The highest BCUT2D eigenvalue weighted by atomic mass is 79.9. The fourth-order valence-electron chi connectivity index (χ4n) is 7.84. The van der Waals surface area contributed by atoms with Crippen molar-refractivity contribution < 1.29 is 24.5 Å². The molecule has 0 amide bonds. The number of ketones is 1. The minimum absolute atomic E-state index is 0.0636. The zero-order valence-electron chi connectivity index (χ0n) is 22.5. The molecule has 204 valence electrons. The molecule has 6 heteroatoms. The zero-order valence-corrected chi connectivity index (χ0v) is 24.1. The van der Waals surface area contributed by atoms with E-state index in [0.29, 0.717) is 18.4 Å². The zero-order chi connectivity index (χ0) is 27.2. The van der Waals surface area contributed by atoms with Crippen LogP contribution in [0.1, 0.15) is 76.1 Å². The number of ether oxygens (including phenoxy) is 1. The Morgan fingerprint density at radius 2 is 1.97 bits per heavy atom. The van der Waals surface area contributed by atoms with Crippen molar-refractivity contribution in [2.75, 3.05) is 0 Å². The van der Waals surface area contributed by atoms with E-state index in [1.807, 2.05) is 25.1 Å². The average molecular weight is 584 g/mol. The molecule has 5 rings (SSSR count). The molecule has 4 aliphatic rings. The van der Waals surface area contributed by atoms with Crippen LogP contribution in [0.2, 0.25) is 0 Å². The molecule has 1 aromatic rings. The van der Waals surface area contributed by atoms with Gasteiger partial charge in [0, 0.05) is 22.7 Å². The predicted octanol–water partition coefficient (Wildman–Crippen LogP) is 6.34. The summed E-state index contributed by atoms with van der Waals surface area (Å²) in [6.07, 6.45) is 12.4. The Morgan fingerprint density at radius 1 is 1.24 bits per heavy atom. The number of aliphatic hydroxyl groups excluding tert-OH is 1. The van der Waals surface area contributed by atoms with Crippen LogP contribution >= 0.6 is 15.9 Å². The van der Waals surface area contributed by atoms with Gasteiger partial charge in [0.25, 0.3) is 0 Å². The Labute approximate surface area is 234 Å². The Hall–Kier alpha value is -2.02. The second-order valence-electron chi connectivity index (χ2n) is 12.3. The number of hydrogen-bond acceptors (Lipinski definition) is 5. The minimum atomic E-state index is -1.01. The molecule has 2 saturated carbocycles. The molecule has 2 N–H and O–H groups in total. The van der Waals surface area contributed by atoms with Gasteiger partial charge >= 0.3 is 5.97 Å². The quantitative estimate of drug-likeness (QED) is 0.312. The SMILES string of the molecule is C[C@H](O)/C=C/[C@](C)(O)[C@H]1CC[C@H]2C3=CC(=O)[C@@H]4CC(=CC[C@H](OC(=O)c5ccc(Br)cc5)C4)[C@H]3CC[C@@]21C. The molecular weight excluding hydrogens is 544 g/mol. The molecule has 0 unspecified atom stereocenters. The average Bonchev–Trinajstić information content (AvgIpc) is 3.01. The van der Waals surface area contributed by atoms with Crippen molar-refractivity contribution in [1.82, 2.24) is 0 Å². The lowest BCUT2D eigenvalue weighted by Crippen LogP contribution is -2.45. The summed E-state index contributed by atoms with van der Waals surface area (Å²) >= 11 is 3.39. The maximum Gasteiger partial charge on any atom is 0.338 e. The number of esters is 1. The summed E-state index contributed by atoms with van der Waals surface area (Å²) in [5.74, 6) is 0.196. The molecule has 2 bridgehead atoms. The number of halogens is 1. The van der Waals surface area contributed by atoms with Crippen LogP contribution in [-0.2, 0) is 9.53 Å². The summed E-state index contributed by atoms with van der Waals surface area (Å²) in [4.78, 5) is 26.4. The van der Waals surface area contributed by atoms with Gasteiger partial charge in [-0.25, -0.2) is 4.79 Å². The van der Waals surface area contributed by atoms with Gasteiger partial charge in [0.1, 0.15) is 6.10 Å². The van der Waals surface area contributed by atoms with Gasteiger partial charge in [-0.3, -0.25) is 4.79 Å². The number of allylic oxidation sites excluding steroid dienone is 3. The molecule has 1 aromatic carbocycles. The van der Waals surface area contributed by atoms with Crippen molar-refractivity contribution in [3.8, 4) is 0 Å². The highest BCUT2D eigenvalue weighted by Crippen LogP contribution is 2.63. The van der Waals surface area contributed by atoms with Gasteiger partial charge < -0.3 is 14.9 Å². The van der Waals surface area contributed by atoms with Gasteiger partial charge in [-0.15, -0.1) is 0 Å². The predicted molar refractivity (Wildman–Crippen MR) is 150 cm³/mol. The second-order valence-corrected chi connectivity index (χ2v) is 13.3. The van der Waals surface area contributed by atoms with Crippen LogP contribution in [0.3, 0.4) is 0 Å². The molecule has 0 aromatic heterocycles. The first-order valence-corrected chi connectivity index (χ1v) is 14.8. The first kappa shape index (κ1) is 27.5. The van der Waals surface area contributed by atoms with Crippen LogP contribution < -0.4 is 0 Å². The third kappa shape index (κ3) is 5.24. The van der Waals surface area contributed by atoms with Crippen LogP contribution in [0.25, 0.3) is 0 Å². The molecule has 0 aliphatic heterocycles. The lowest BCUT2D eigenvalue weighted by atomic mass is 9.57. The van der Waals surface area contributed by atoms with Crippen LogP contribution in [0.15, 0.2) is 64.2 Å². The van der Waals surface area contributed by atoms with Crippen LogP contribution in [-0.4, -0.2) is 39.8 Å². The molecule has 2 fully saturated rings. The maximum absolute atomic E-state index is 13.6. The summed E-state index contributed by atoms with van der Waals surface area (Å²) in [6, 6.07) is 7.14. The molecule has 0 spiro atoms. The number of rotatable bonds is 5. The molecule has 38 heavy (non-hydrogen) atoms. The lowest BCUT2D eigenvalue weighted by Gasteiger charge is -2.49. The smallest absolute Gasteiger partial charge is 0.338 e. The molecule has 5 nitrogen and oxygen atoms in total. The summed E-state index contributed by atoms with van der Waals surface area (Å²) in [5.41, 5.74) is 1.97. The standard InChI is InChI=1S/C32H39BrO5/c1-19(34)12-15-32(3,37)29-11-10-27-26-18-28(35)22-16-21(25(26)13-14-31(27,29)2)6-9-24(17-22)38-30(36)20-4-7-23(33)8-5-20/h4-8,12,15,18-19,22,24-25,27,29,34,37H,9-11,13-14,16-17H2,1-3H3/b15-12+/t19-,22+,24-,25+,27-,29-,31-,32-/m0/s1. The van der Waals surface area contributed by atoms with Crippen LogP contribution in [0.4, 0.5) is 0 Å². The Balaban J connectivity index is 1.36. The summed E-state index contributed by atoms with van der Waals surface area (Å²) in [5, 5.41) is 21.2. The third-order valence-electron chi connectivity index (χ3n) is 9.72. The Morgan fingerprint density at radius 3 is 2.68 bits per heavy atom. The topological polar surface area (TPSA) is 83.8 Å². The van der Waals surface area contributed by atoms with E-state index >= 15 is 0 Å². The van der Waals surface area contributed by atoms with Gasteiger partial charge in [-0.2, -0.15) is 0 Å². The molecule has 8 atom stereocenters. The van der Waals surface area contributed by atoms with Crippen molar-refractivity contribution in [1.29, 1.82) is 0 Å². The minimum Gasteiger partial charge on any atom is -0.458 e. The van der Waals surface area contributed by atoms with Crippen molar-refractivity contribution in [3.05, 3.63) is 69.8 Å². The van der Waals surface area contributed by atoms with Crippen molar-refractivity contribution in [2.24, 2.45) is 29.1 Å². The van der Waals surface area contributed by atoms with Gasteiger partial charge in [0.2, 0.25) is 0 Å². The largest absolute Gasteiger partial charge is 0.458 e. The fraction of sp³-hybridized carbons (Fsp3) is 0.562. The van der Waals surface area contributed by atoms with Crippen molar-refractivity contribution >= 4 is 27.7 Å². The second kappa shape index (κ2) is 10.5. The van der Waals surface area contributed by atoms with E-state index in [4.69, 9.17) is 4.74 Å². The summed E-state index contributed by atoms with van der Waals surface area (Å²) in [6.45, 7) is 5.84. The van der Waals surface area contributed by atoms with E-state index in [1.165, 1.54) is 11.1 Å². The maximum atomic E-state index is 13.6. The van der Waals surface area contributed by atoms with E-state index in [2.05, 4.69) is 28.9 Å². The van der Waals surface area contributed by atoms with Crippen LogP contribution in [0, 0.1) is 29.1 Å².